The average Bonchev–Trinajstić information content (AvgIpc) is 2.70. The first-order valence-corrected chi connectivity index (χ1v) is 5.14. The predicted octanol–water partition coefficient (Wildman–Crippen LogP) is 0.779. The summed E-state index contributed by atoms with van der Waals surface area (Å²) in [5.41, 5.74) is 7.03. The highest BCUT2D eigenvalue weighted by atomic mass is 15.2. The Labute approximate surface area is 84.7 Å². The van der Waals surface area contributed by atoms with Gasteiger partial charge in [0.15, 0.2) is 0 Å². The molecule has 1 aromatic heterocycles. The van der Waals surface area contributed by atoms with Crippen LogP contribution in [0.15, 0.2) is 12.5 Å². The summed E-state index contributed by atoms with van der Waals surface area (Å²) in [4.78, 5) is 6.52. The predicted molar refractivity (Wildman–Crippen MR) is 56.0 cm³/mol. The molecular formula is C10H18N4. The van der Waals surface area contributed by atoms with Crippen molar-refractivity contribution in [3.05, 3.63) is 18.2 Å². The van der Waals surface area contributed by atoms with Crippen LogP contribution >= 0.6 is 0 Å². The van der Waals surface area contributed by atoms with Crippen molar-refractivity contribution < 1.29 is 0 Å². The maximum atomic E-state index is 5.89. The number of nitrogens with zero attached hydrogens (tertiary/aromatic N) is 3. The SMILES string of the molecule is C[C@@H](N)c1cncn1C1CCN(C)C1. The summed E-state index contributed by atoms with van der Waals surface area (Å²) >= 11 is 0. The molecule has 0 amide bonds. The normalized spacial score (nSPS) is 25.5. The quantitative estimate of drug-likeness (QED) is 0.756. The van der Waals surface area contributed by atoms with E-state index in [2.05, 4.69) is 21.5 Å². The molecule has 0 radical (unpaired) electrons. The van der Waals surface area contributed by atoms with Gasteiger partial charge in [-0.1, -0.05) is 0 Å². The number of aromatic nitrogens is 2. The molecule has 0 saturated carbocycles. The van der Waals surface area contributed by atoms with E-state index in [9.17, 15) is 0 Å². The van der Waals surface area contributed by atoms with Crippen LogP contribution in [0.4, 0.5) is 0 Å². The molecule has 1 aromatic rings. The fraction of sp³-hybridized carbons (Fsp3) is 0.700. The average molecular weight is 194 g/mol. The van der Waals surface area contributed by atoms with Crippen molar-refractivity contribution in [2.75, 3.05) is 20.1 Å². The lowest BCUT2D eigenvalue weighted by molar-refractivity contribution is 0.388. The largest absolute Gasteiger partial charge is 0.329 e. The minimum absolute atomic E-state index is 0.0726. The van der Waals surface area contributed by atoms with Crippen LogP contribution in [-0.4, -0.2) is 34.6 Å². The molecule has 0 spiro atoms. The fourth-order valence-corrected chi connectivity index (χ4v) is 2.11. The molecule has 0 aromatic carbocycles. The van der Waals surface area contributed by atoms with Gasteiger partial charge < -0.3 is 15.2 Å². The first kappa shape index (κ1) is 9.68. The van der Waals surface area contributed by atoms with E-state index in [1.165, 1.54) is 13.0 Å². The monoisotopic (exact) mass is 194 g/mol. The minimum atomic E-state index is 0.0726. The minimum Gasteiger partial charge on any atom is -0.329 e. The second kappa shape index (κ2) is 3.71. The van der Waals surface area contributed by atoms with Gasteiger partial charge in [-0.05, 0) is 26.9 Å². The summed E-state index contributed by atoms with van der Waals surface area (Å²) in [6.07, 6.45) is 4.98. The van der Waals surface area contributed by atoms with E-state index in [1.807, 2.05) is 19.4 Å². The van der Waals surface area contributed by atoms with Gasteiger partial charge in [0.2, 0.25) is 0 Å². The molecule has 4 nitrogen and oxygen atoms in total. The van der Waals surface area contributed by atoms with E-state index >= 15 is 0 Å². The summed E-state index contributed by atoms with van der Waals surface area (Å²) in [7, 11) is 2.16. The summed E-state index contributed by atoms with van der Waals surface area (Å²) < 4.78 is 2.23. The van der Waals surface area contributed by atoms with E-state index in [0.717, 1.165) is 12.2 Å². The number of rotatable bonds is 2. The van der Waals surface area contributed by atoms with E-state index in [1.54, 1.807) is 0 Å². The van der Waals surface area contributed by atoms with Crippen molar-refractivity contribution in [2.24, 2.45) is 5.73 Å². The second-order valence-corrected chi connectivity index (χ2v) is 4.22. The van der Waals surface area contributed by atoms with Crippen LogP contribution in [-0.2, 0) is 0 Å². The highest BCUT2D eigenvalue weighted by Crippen LogP contribution is 2.23. The fourth-order valence-electron chi connectivity index (χ4n) is 2.11. The number of imidazole rings is 1. The summed E-state index contributed by atoms with van der Waals surface area (Å²) in [6, 6.07) is 0.631. The number of hydrogen-bond acceptors (Lipinski definition) is 3. The van der Waals surface area contributed by atoms with Crippen molar-refractivity contribution in [3.8, 4) is 0 Å². The third kappa shape index (κ3) is 1.67. The van der Waals surface area contributed by atoms with E-state index in [4.69, 9.17) is 5.73 Å². The molecule has 1 fully saturated rings. The third-order valence-electron chi connectivity index (χ3n) is 2.92. The number of likely N-dealkylation sites (tertiary alicyclic amines) is 1. The molecule has 1 saturated heterocycles. The van der Waals surface area contributed by atoms with Crippen molar-refractivity contribution in [1.29, 1.82) is 0 Å². The molecule has 2 atom stereocenters. The lowest BCUT2D eigenvalue weighted by atomic mass is 10.2. The van der Waals surface area contributed by atoms with Gasteiger partial charge in [-0.25, -0.2) is 4.98 Å². The van der Waals surface area contributed by atoms with Crippen LogP contribution in [0.25, 0.3) is 0 Å². The molecular weight excluding hydrogens is 176 g/mol. The van der Waals surface area contributed by atoms with Gasteiger partial charge in [-0.15, -0.1) is 0 Å². The first-order chi connectivity index (χ1) is 6.68. The van der Waals surface area contributed by atoms with Gasteiger partial charge in [0.1, 0.15) is 0 Å². The molecule has 2 rings (SSSR count). The molecule has 4 heteroatoms. The maximum Gasteiger partial charge on any atom is 0.0951 e. The van der Waals surface area contributed by atoms with E-state index < -0.39 is 0 Å². The van der Waals surface area contributed by atoms with Crippen LogP contribution in [0, 0.1) is 0 Å². The highest BCUT2D eigenvalue weighted by Gasteiger charge is 2.23. The number of nitrogens with two attached hydrogens (primary N) is 1. The molecule has 2 heterocycles. The molecule has 1 aliphatic rings. The Morgan fingerprint density at radius 1 is 1.64 bits per heavy atom. The summed E-state index contributed by atoms with van der Waals surface area (Å²) in [6.45, 7) is 4.28. The van der Waals surface area contributed by atoms with Gasteiger partial charge in [-0.3, -0.25) is 0 Å². The van der Waals surface area contributed by atoms with Crippen molar-refractivity contribution in [3.63, 3.8) is 0 Å². The zero-order chi connectivity index (χ0) is 10.1. The van der Waals surface area contributed by atoms with Crippen LogP contribution in [0.2, 0.25) is 0 Å². The Morgan fingerprint density at radius 2 is 2.43 bits per heavy atom. The highest BCUT2D eigenvalue weighted by molar-refractivity contribution is 5.05. The Morgan fingerprint density at radius 3 is 3.00 bits per heavy atom. The van der Waals surface area contributed by atoms with Gasteiger partial charge in [0.25, 0.3) is 0 Å². The smallest absolute Gasteiger partial charge is 0.0951 e. The van der Waals surface area contributed by atoms with Crippen molar-refractivity contribution >= 4 is 0 Å². The summed E-state index contributed by atoms with van der Waals surface area (Å²) in [5.74, 6) is 0. The molecule has 14 heavy (non-hydrogen) atoms. The maximum absolute atomic E-state index is 5.89. The van der Waals surface area contributed by atoms with Gasteiger partial charge in [0.05, 0.1) is 12.0 Å². The molecule has 2 N–H and O–H groups in total. The Balaban J connectivity index is 2.19. The van der Waals surface area contributed by atoms with Crippen molar-refractivity contribution in [1.82, 2.24) is 14.5 Å². The van der Waals surface area contributed by atoms with E-state index in [-0.39, 0.29) is 6.04 Å². The van der Waals surface area contributed by atoms with Gasteiger partial charge in [-0.2, -0.15) is 0 Å². The number of hydrogen-bond donors (Lipinski definition) is 1. The topological polar surface area (TPSA) is 47.1 Å². The van der Waals surface area contributed by atoms with Crippen LogP contribution in [0.1, 0.15) is 31.1 Å². The van der Waals surface area contributed by atoms with Crippen molar-refractivity contribution in [2.45, 2.75) is 25.4 Å². The lowest BCUT2D eigenvalue weighted by Gasteiger charge is -2.17. The standard InChI is InChI=1S/C10H18N4/c1-8(11)10-5-12-7-14(10)9-3-4-13(2)6-9/h5,7-9H,3-4,6,11H2,1-2H3/t8-,9?/m1/s1. The first-order valence-electron chi connectivity index (χ1n) is 5.14. The second-order valence-electron chi connectivity index (χ2n) is 4.22. The molecule has 0 bridgehead atoms. The molecule has 0 aliphatic carbocycles. The zero-order valence-corrected chi connectivity index (χ0v) is 8.85. The zero-order valence-electron chi connectivity index (χ0n) is 8.85. The Hall–Kier alpha value is -0.870. The van der Waals surface area contributed by atoms with Crippen LogP contribution in [0.5, 0.6) is 0 Å². The van der Waals surface area contributed by atoms with Gasteiger partial charge >= 0.3 is 0 Å². The van der Waals surface area contributed by atoms with E-state index in [0.29, 0.717) is 6.04 Å². The molecule has 1 unspecified atom stereocenters. The Bertz CT molecular complexity index is 305. The third-order valence-corrected chi connectivity index (χ3v) is 2.92. The van der Waals surface area contributed by atoms with Gasteiger partial charge in [0, 0.05) is 24.8 Å². The van der Waals surface area contributed by atoms with Crippen LogP contribution in [0.3, 0.4) is 0 Å². The lowest BCUT2D eigenvalue weighted by Crippen LogP contribution is -2.19. The van der Waals surface area contributed by atoms with Crippen LogP contribution < -0.4 is 5.73 Å². The molecule has 1 aliphatic heterocycles. The summed E-state index contributed by atoms with van der Waals surface area (Å²) in [5, 5.41) is 0. The number of likely N-dealkylation sites (N-methyl/N-ethyl adjacent to an activating group) is 1. The Kier molecular flexibility index (Phi) is 2.56. The molecule has 78 valence electrons.